The quantitative estimate of drug-likeness (QED) is 0.0323. The summed E-state index contributed by atoms with van der Waals surface area (Å²) >= 11 is 0. The van der Waals surface area contributed by atoms with Crippen LogP contribution in [0.2, 0.25) is 0 Å². The second-order valence-corrected chi connectivity index (χ2v) is 23.1. The molecule has 0 spiro atoms. The van der Waals surface area contributed by atoms with Crippen molar-refractivity contribution >= 4 is 35.8 Å². The van der Waals surface area contributed by atoms with E-state index in [9.17, 15) is 28.8 Å². The van der Waals surface area contributed by atoms with Crippen molar-refractivity contribution in [3.8, 4) is 0 Å². The van der Waals surface area contributed by atoms with Crippen LogP contribution >= 0.6 is 0 Å². The molecule has 0 aromatic carbocycles. The van der Waals surface area contributed by atoms with E-state index in [0.29, 0.717) is 19.3 Å². The van der Waals surface area contributed by atoms with Gasteiger partial charge in [0.15, 0.2) is 0 Å². The minimum absolute atomic E-state index is 0.0232. The van der Waals surface area contributed by atoms with Gasteiger partial charge in [-0.2, -0.15) is 0 Å². The number of hydrogen-bond donors (Lipinski definition) is 0. The zero-order chi connectivity index (χ0) is 56.9. The van der Waals surface area contributed by atoms with E-state index < -0.39 is 5.41 Å². The lowest BCUT2D eigenvalue weighted by atomic mass is 9.94. The summed E-state index contributed by atoms with van der Waals surface area (Å²) in [6.07, 6.45) is 45.6. The van der Waals surface area contributed by atoms with Crippen molar-refractivity contribution in [2.75, 3.05) is 19.8 Å². The van der Waals surface area contributed by atoms with Gasteiger partial charge in [-0.3, -0.25) is 28.8 Å². The fraction of sp³-hybridized carbons (Fsp3) is 0.908. The summed E-state index contributed by atoms with van der Waals surface area (Å²) < 4.78 is 34.1. The molecule has 0 aromatic heterocycles. The van der Waals surface area contributed by atoms with Gasteiger partial charge < -0.3 is 28.4 Å². The van der Waals surface area contributed by atoms with E-state index in [1.807, 2.05) is 6.92 Å². The molecule has 0 heterocycles. The molecular formula is C65H120O12. The Morgan fingerprint density at radius 1 is 0.286 bits per heavy atom. The summed E-state index contributed by atoms with van der Waals surface area (Å²) in [5, 5.41) is 0. The molecule has 452 valence electrons. The summed E-state index contributed by atoms with van der Waals surface area (Å²) in [6.45, 7) is 12.9. The van der Waals surface area contributed by atoms with Crippen molar-refractivity contribution in [2.45, 2.75) is 356 Å². The van der Waals surface area contributed by atoms with Crippen LogP contribution in [0.5, 0.6) is 0 Å². The number of ether oxygens (including phenoxy) is 6. The third-order valence-corrected chi connectivity index (χ3v) is 14.9. The Morgan fingerprint density at radius 2 is 0.468 bits per heavy atom. The van der Waals surface area contributed by atoms with Crippen molar-refractivity contribution < 1.29 is 57.2 Å². The van der Waals surface area contributed by atoms with E-state index in [1.165, 1.54) is 136 Å². The standard InChI is InChI=1S/C65H120O12/c1-8-11-14-17-20-26-35-44-59(75-56(4)66)47-38-29-23-32-41-50-62(69)72-53-65(7,54-73-63(70)51-42-33-24-30-39-48-60(76-57(5)67)45-36-27-21-18-15-12-9-2)55-74-64(71)52-43-34-25-31-40-49-61(77-58(6)68)46-37-28-22-19-16-13-10-3/h59-61H,8-55H2,1-7H3. The Kier molecular flexibility index (Phi) is 51.3. The number of unbranched alkanes of at least 4 members (excludes halogenated alkanes) is 30. The first kappa shape index (κ1) is 73.8. The van der Waals surface area contributed by atoms with Crippen LogP contribution in [0.1, 0.15) is 337 Å². The van der Waals surface area contributed by atoms with Crippen LogP contribution in [0.4, 0.5) is 0 Å². The summed E-state index contributed by atoms with van der Waals surface area (Å²) in [4.78, 5) is 74.1. The van der Waals surface area contributed by atoms with Gasteiger partial charge in [0.1, 0.15) is 38.1 Å². The van der Waals surface area contributed by atoms with Gasteiger partial charge >= 0.3 is 35.8 Å². The second kappa shape index (κ2) is 53.5. The maximum Gasteiger partial charge on any atom is 0.305 e. The highest BCUT2D eigenvalue weighted by molar-refractivity contribution is 5.70. The van der Waals surface area contributed by atoms with Crippen LogP contribution in [-0.4, -0.2) is 73.9 Å². The topological polar surface area (TPSA) is 158 Å². The Balaban J connectivity index is 4.98. The highest BCUT2D eigenvalue weighted by Crippen LogP contribution is 2.24. The number of hydrogen-bond acceptors (Lipinski definition) is 12. The van der Waals surface area contributed by atoms with Crippen LogP contribution in [0.15, 0.2) is 0 Å². The monoisotopic (exact) mass is 1090 g/mol. The van der Waals surface area contributed by atoms with Crippen LogP contribution < -0.4 is 0 Å². The van der Waals surface area contributed by atoms with Gasteiger partial charge in [-0.25, -0.2) is 0 Å². The molecule has 0 N–H and O–H groups in total. The Bertz CT molecular complexity index is 1270. The zero-order valence-electron chi connectivity index (χ0n) is 51.1. The third-order valence-electron chi connectivity index (χ3n) is 14.9. The summed E-state index contributed by atoms with van der Waals surface area (Å²) in [5.74, 6) is -1.62. The molecule has 12 heteroatoms. The fourth-order valence-corrected chi connectivity index (χ4v) is 10.1. The van der Waals surface area contributed by atoms with Crippen molar-refractivity contribution in [3.63, 3.8) is 0 Å². The second-order valence-electron chi connectivity index (χ2n) is 23.1. The molecule has 0 saturated carbocycles. The van der Waals surface area contributed by atoms with Gasteiger partial charge in [-0.1, -0.05) is 194 Å². The molecular weight excluding hydrogens is 973 g/mol. The van der Waals surface area contributed by atoms with E-state index in [1.54, 1.807) is 0 Å². The first-order chi connectivity index (χ1) is 37.2. The molecule has 0 aliphatic carbocycles. The lowest BCUT2D eigenvalue weighted by Crippen LogP contribution is -2.37. The van der Waals surface area contributed by atoms with Crippen molar-refractivity contribution in [1.29, 1.82) is 0 Å². The molecule has 0 rings (SSSR count). The maximum absolute atomic E-state index is 13.0. The van der Waals surface area contributed by atoms with Crippen LogP contribution in [0.3, 0.4) is 0 Å². The lowest BCUT2D eigenvalue weighted by Gasteiger charge is -2.28. The van der Waals surface area contributed by atoms with E-state index in [-0.39, 0.29) is 93.2 Å². The Hall–Kier alpha value is -3.18. The van der Waals surface area contributed by atoms with Crippen LogP contribution in [0, 0.1) is 5.41 Å². The van der Waals surface area contributed by atoms with Crippen molar-refractivity contribution in [2.24, 2.45) is 5.41 Å². The summed E-state index contributed by atoms with van der Waals surface area (Å²) in [5.41, 5.74) is -0.907. The third kappa shape index (κ3) is 52.0. The van der Waals surface area contributed by atoms with Crippen LogP contribution in [-0.2, 0) is 57.2 Å². The average molecular weight is 1090 g/mol. The van der Waals surface area contributed by atoms with Gasteiger partial charge in [-0.15, -0.1) is 0 Å². The highest BCUT2D eigenvalue weighted by Gasteiger charge is 2.31. The lowest BCUT2D eigenvalue weighted by molar-refractivity contribution is -0.161. The number of esters is 6. The highest BCUT2D eigenvalue weighted by atomic mass is 16.6. The van der Waals surface area contributed by atoms with E-state index in [4.69, 9.17) is 28.4 Å². The molecule has 0 amide bonds. The maximum atomic E-state index is 13.0. The molecule has 0 saturated heterocycles. The van der Waals surface area contributed by atoms with Gasteiger partial charge in [0.2, 0.25) is 0 Å². The molecule has 0 radical (unpaired) electrons. The van der Waals surface area contributed by atoms with Gasteiger partial charge in [0.25, 0.3) is 0 Å². The number of carbonyl (C=O) groups is 6. The average Bonchev–Trinajstić information content (AvgIpc) is 3.39. The minimum Gasteiger partial charge on any atom is -0.465 e. The van der Waals surface area contributed by atoms with E-state index in [2.05, 4.69) is 20.8 Å². The van der Waals surface area contributed by atoms with Crippen LogP contribution in [0.25, 0.3) is 0 Å². The molecule has 77 heavy (non-hydrogen) atoms. The predicted molar refractivity (Wildman–Crippen MR) is 312 cm³/mol. The SMILES string of the molecule is CCCCCCCCCC(CCCCCCCC(=O)OCC(C)(COC(=O)CCCCCCCC(CCCCCCCCC)OC(C)=O)COC(=O)CCCCCCCC(CCCCCCCCC)OC(C)=O)OC(C)=O. The normalized spacial score (nSPS) is 13.3. The predicted octanol–water partition coefficient (Wildman–Crippen LogP) is 18.0. The summed E-state index contributed by atoms with van der Waals surface area (Å²) in [7, 11) is 0. The summed E-state index contributed by atoms with van der Waals surface area (Å²) in [6, 6.07) is 0. The fourth-order valence-electron chi connectivity index (χ4n) is 10.1. The Morgan fingerprint density at radius 3 is 0.662 bits per heavy atom. The van der Waals surface area contributed by atoms with Gasteiger partial charge in [0.05, 0.1) is 5.41 Å². The molecule has 3 unspecified atom stereocenters. The van der Waals surface area contributed by atoms with E-state index in [0.717, 1.165) is 135 Å². The first-order valence-electron chi connectivity index (χ1n) is 32.2. The number of carbonyl (C=O) groups excluding carboxylic acids is 6. The molecule has 0 aliphatic heterocycles. The molecule has 0 aromatic rings. The molecule has 3 atom stereocenters. The molecule has 0 bridgehead atoms. The number of rotatable bonds is 57. The Labute approximate surface area is 472 Å². The van der Waals surface area contributed by atoms with E-state index >= 15 is 0 Å². The van der Waals surface area contributed by atoms with Gasteiger partial charge in [0, 0.05) is 40.0 Å². The molecule has 0 aliphatic rings. The van der Waals surface area contributed by atoms with Crippen molar-refractivity contribution in [1.82, 2.24) is 0 Å². The van der Waals surface area contributed by atoms with Gasteiger partial charge in [-0.05, 0) is 103 Å². The van der Waals surface area contributed by atoms with Crippen molar-refractivity contribution in [3.05, 3.63) is 0 Å². The smallest absolute Gasteiger partial charge is 0.305 e. The molecule has 0 fully saturated rings. The minimum atomic E-state index is -0.907. The zero-order valence-corrected chi connectivity index (χ0v) is 51.1. The largest absolute Gasteiger partial charge is 0.465 e. The molecule has 12 nitrogen and oxygen atoms in total. The first-order valence-corrected chi connectivity index (χ1v) is 32.2.